The monoisotopic (exact) mass is 460 g/mol. The van der Waals surface area contributed by atoms with E-state index in [-0.39, 0.29) is 6.03 Å². The van der Waals surface area contributed by atoms with Crippen molar-refractivity contribution in [3.8, 4) is 17.2 Å². The molecule has 0 saturated heterocycles. The number of urea groups is 1. The lowest BCUT2D eigenvalue weighted by Gasteiger charge is -2.22. The molecule has 0 fully saturated rings. The van der Waals surface area contributed by atoms with Gasteiger partial charge in [-0.05, 0) is 42.3 Å². The lowest BCUT2D eigenvalue weighted by molar-refractivity contribution is 0.107. The van der Waals surface area contributed by atoms with Crippen molar-refractivity contribution in [2.75, 3.05) is 31.7 Å². The first-order chi connectivity index (χ1) is 16.6. The SMILES string of the molecule is Cc1ccc(COCc2ccc3c(c2)CN(C(=O)Nc2ccc4c(c2)OCCO4)CCO3)cc1. The number of ether oxygens (including phenoxy) is 4. The fraction of sp³-hybridized carbons (Fsp3) is 0.296. The van der Waals surface area contributed by atoms with Crippen molar-refractivity contribution in [3.63, 3.8) is 0 Å². The number of carbonyl (C=O) groups excluding carboxylic acids is 1. The van der Waals surface area contributed by atoms with Gasteiger partial charge in [-0.3, -0.25) is 0 Å². The second-order valence-corrected chi connectivity index (χ2v) is 8.48. The Hall–Kier alpha value is -3.71. The molecular weight excluding hydrogens is 432 g/mol. The highest BCUT2D eigenvalue weighted by atomic mass is 16.6. The lowest BCUT2D eigenvalue weighted by Crippen LogP contribution is -2.36. The van der Waals surface area contributed by atoms with Gasteiger partial charge in [0.15, 0.2) is 11.5 Å². The Morgan fingerprint density at radius 2 is 1.56 bits per heavy atom. The molecule has 0 aliphatic carbocycles. The molecule has 7 nitrogen and oxygen atoms in total. The smallest absolute Gasteiger partial charge is 0.322 e. The number of nitrogens with zero attached hydrogens (tertiary/aromatic N) is 1. The van der Waals surface area contributed by atoms with E-state index in [0.717, 1.165) is 22.4 Å². The van der Waals surface area contributed by atoms with Gasteiger partial charge in [-0.25, -0.2) is 4.79 Å². The largest absolute Gasteiger partial charge is 0.491 e. The molecule has 2 aliphatic heterocycles. The van der Waals surface area contributed by atoms with Crippen LogP contribution in [0.2, 0.25) is 0 Å². The zero-order valence-corrected chi connectivity index (χ0v) is 19.2. The van der Waals surface area contributed by atoms with Gasteiger partial charge in [-0.2, -0.15) is 0 Å². The number of aryl methyl sites for hydroxylation is 1. The molecule has 3 aromatic rings. The van der Waals surface area contributed by atoms with Crippen molar-refractivity contribution in [2.24, 2.45) is 0 Å². The van der Waals surface area contributed by atoms with Gasteiger partial charge in [0.1, 0.15) is 25.6 Å². The topological polar surface area (TPSA) is 69.3 Å². The van der Waals surface area contributed by atoms with E-state index in [2.05, 4.69) is 42.6 Å². The Bertz CT molecular complexity index is 1160. The molecule has 7 heteroatoms. The number of hydrogen-bond donors (Lipinski definition) is 1. The van der Waals surface area contributed by atoms with Crippen molar-refractivity contribution < 1.29 is 23.7 Å². The van der Waals surface area contributed by atoms with Crippen LogP contribution in [0, 0.1) is 6.92 Å². The number of benzene rings is 3. The first kappa shape index (κ1) is 22.1. The van der Waals surface area contributed by atoms with Crippen LogP contribution < -0.4 is 19.5 Å². The van der Waals surface area contributed by atoms with E-state index in [4.69, 9.17) is 18.9 Å². The predicted molar refractivity (Wildman–Crippen MR) is 128 cm³/mol. The van der Waals surface area contributed by atoms with E-state index >= 15 is 0 Å². The first-order valence-electron chi connectivity index (χ1n) is 11.5. The van der Waals surface area contributed by atoms with Crippen LogP contribution in [0.15, 0.2) is 60.7 Å². The Balaban J connectivity index is 1.21. The van der Waals surface area contributed by atoms with E-state index < -0.39 is 0 Å². The molecule has 0 saturated carbocycles. The van der Waals surface area contributed by atoms with Gasteiger partial charge < -0.3 is 29.2 Å². The molecule has 0 spiro atoms. The molecule has 0 aromatic heterocycles. The fourth-order valence-corrected chi connectivity index (χ4v) is 4.01. The third-order valence-electron chi connectivity index (χ3n) is 5.84. The number of nitrogens with one attached hydrogen (secondary N) is 1. The summed E-state index contributed by atoms with van der Waals surface area (Å²) in [4.78, 5) is 14.7. The molecule has 176 valence electrons. The van der Waals surface area contributed by atoms with Crippen molar-refractivity contribution in [3.05, 3.63) is 82.9 Å². The molecule has 0 atom stereocenters. The fourth-order valence-electron chi connectivity index (χ4n) is 4.01. The first-order valence-corrected chi connectivity index (χ1v) is 11.5. The number of carbonyl (C=O) groups is 1. The van der Waals surface area contributed by atoms with Crippen LogP contribution in [0.5, 0.6) is 17.2 Å². The van der Waals surface area contributed by atoms with Gasteiger partial charge in [0.05, 0.1) is 26.3 Å². The minimum atomic E-state index is -0.186. The molecular formula is C27H28N2O5. The molecule has 3 aromatic carbocycles. The molecule has 5 rings (SSSR count). The minimum absolute atomic E-state index is 0.186. The van der Waals surface area contributed by atoms with E-state index in [9.17, 15) is 4.79 Å². The Labute approximate surface area is 199 Å². The molecule has 0 unspecified atom stereocenters. The average Bonchev–Trinajstić information content (AvgIpc) is 3.07. The Morgan fingerprint density at radius 3 is 2.41 bits per heavy atom. The van der Waals surface area contributed by atoms with Crippen LogP contribution >= 0.6 is 0 Å². The molecule has 2 amide bonds. The summed E-state index contributed by atoms with van der Waals surface area (Å²) in [5.74, 6) is 2.14. The predicted octanol–water partition coefficient (Wildman–Crippen LogP) is 4.91. The van der Waals surface area contributed by atoms with E-state index in [1.807, 2.05) is 24.3 Å². The number of anilines is 1. The summed E-state index contributed by atoms with van der Waals surface area (Å²) in [6, 6.07) is 19.6. The zero-order chi connectivity index (χ0) is 23.3. The van der Waals surface area contributed by atoms with Crippen molar-refractivity contribution in [1.29, 1.82) is 0 Å². The average molecular weight is 461 g/mol. The van der Waals surface area contributed by atoms with Gasteiger partial charge in [-0.15, -0.1) is 0 Å². The number of amides is 2. The summed E-state index contributed by atoms with van der Waals surface area (Å²) in [6.45, 7) is 5.53. The summed E-state index contributed by atoms with van der Waals surface area (Å²) in [7, 11) is 0. The Kier molecular flexibility index (Phi) is 6.53. The van der Waals surface area contributed by atoms with Crippen LogP contribution in [0.3, 0.4) is 0 Å². The lowest BCUT2D eigenvalue weighted by atomic mass is 10.1. The number of hydrogen-bond acceptors (Lipinski definition) is 5. The molecule has 0 bridgehead atoms. The van der Waals surface area contributed by atoms with Gasteiger partial charge in [0.25, 0.3) is 0 Å². The Morgan fingerprint density at radius 1 is 0.853 bits per heavy atom. The van der Waals surface area contributed by atoms with Crippen molar-refractivity contribution in [2.45, 2.75) is 26.7 Å². The summed E-state index contributed by atoms with van der Waals surface area (Å²) >= 11 is 0. The quantitative estimate of drug-likeness (QED) is 0.586. The van der Waals surface area contributed by atoms with E-state index in [0.29, 0.717) is 63.3 Å². The van der Waals surface area contributed by atoms with Crippen molar-refractivity contribution in [1.82, 2.24) is 4.90 Å². The number of rotatable bonds is 5. The van der Waals surface area contributed by atoms with Crippen LogP contribution in [0.25, 0.3) is 0 Å². The van der Waals surface area contributed by atoms with Gasteiger partial charge in [-0.1, -0.05) is 35.9 Å². The minimum Gasteiger partial charge on any atom is -0.491 e. The van der Waals surface area contributed by atoms with Crippen LogP contribution in [0.1, 0.15) is 22.3 Å². The molecule has 2 aliphatic rings. The van der Waals surface area contributed by atoms with Crippen LogP contribution in [-0.4, -0.2) is 37.3 Å². The van der Waals surface area contributed by atoms with E-state index in [1.54, 1.807) is 11.0 Å². The summed E-state index contributed by atoms with van der Waals surface area (Å²) in [6.07, 6.45) is 0. The molecule has 34 heavy (non-hydrogen) atoms. The maximum Gasteiger partial charge on any atom is 0.322 e. The van der Waals surface area contributed by atoms with E-state index in [1.165, 1.54) is 5.56 Å². The van der Waals surface area contributed by atoms with Crippen LogP contribution in [-0.2, 0) is 24.5 Å². The third kappa shape index (κ3) is 5.26. The maximum atomic E-state index is 13.0. The van der Waals surface area contributed by atoms with Gasteiger partial charge in [0, 0.05) is 17.3 Å². The zero-order valence-electron chi connectivity index (χ0n) is 19.2. The second kappa shape index (κ2) is 10.1. The molecule has 1 N–H and O–H groups in total. The highest BCUT2D eigenvalue weighted by Gasteiger charge is 2.21. The van der Waals surface area contributed by atoms with Gasteiger partial charge in [0.2, 0.25) is 0 Å². The summed E-state index contributed by atoms with van der Waals surface area (Å²) in [5, 5.41) is 2.96. The van der Waals surface area contributed by atoms with Crippen LogP contribution in [0.4, 0.5) is 10.5 Å². The second-order valence-electron chi connectivity index (χ2n) is 8.48. The van der Waals surface area contributed by atoms with Gasteiger partial charge >= 0.3 is 6.03 Å². The molecule has 2 heterocycles. The standard InChI is InChI=1S/C27H28N2O5/c1-19-2-4-20(5-3-19)17-31-18-21-6-8-24-22(14-21)16-29(10-11-32-24)27(30)28-23-7-9-25-26(15-23)34-13-12-33-25/h2-9,14-15H,10-13,16-18H2,1H3,(H,28,30). The normalized spacial score (nSPS) is 14.6. The highest BCUT2D eigenvalue weighted by molar-refractivity contribution is 5.89. The summed E-state index contributed by atoms with van der Waals surface area (Å²) < 4.78 is 23.0. The maximum absolute atomic E-state index is 13.0. The summed E-state index contributed by atoms with van der Waals surface area (Å²) in [5.41, 5.74) is 5.05. The number of fused-ring (bicyclic) bond motifs is 2. The van der Waals surface area contributed by atoms with Crippen molar-refractivity contribution >= 4 is 11.7 Å². The third-order valence-corrected chi connectivity index (χ3v) is 5.84. The molecule has 0 radical (unpaired) electrons. The highest BCUT2D eigenvalue weighted by Crippen LogP contribution is 2.33.